The molecule has 7 nitrogen and oxygen atoms in total. The third-order valence-corrected chi connectivity index (χ3v) is 5.10. The fourth-order valence-corrected chi connectivity index (χ4v) is 3.19. The van der Waals surface area contributed by atoms with Crippen molar-refractivity contribution in [3.05, 3.63) is 89.4 Å². The Kier molecular flexibility index (Phi) is 7.66. The van der Waals surface area contributed by atoms with Crippen molar-refractivity contribution in [1.29, 1.82) is 0 Å². The molecule has 0 unspecified atom stereocenters. The lowest BCUT2D eigenvalue weighted by molar-refractivity contribution is -0.116. The smallest absolute Gasteiger partial charge is 0.253 e. The molecule has 0 atom stereocenters. The summed E-state index contributed by atoms with van der Waals surface area (Å²) in [5, 5.41) is 8.27. The van der Waals surface area contributed by atoms with Gasteiger partial charge in [-0.25, -0.2) is 0 Å². The fraction of sp³-hybridized carbons (Fsp3) is 0.269. The van der Waals surface area contributed by atoms with Gasteiger partial charge in [0.25, 0.3) is 11.8 Å². The third kappa shape index (κ3) is 6.80. The van der Waals surface area contributed by atoms with Crippen LogP contribution < -0.4 is 16.0 Å². The average molecular weight is 448 g/mol. The maximum absolute atomic E-state index is 12.5. The van der Waals surface area contributed by atoms with E-state index in [1.165, 1.54) is 6.26 Å². The molecule has 0 saturated carbocycles. The number of hydrogen-bond donors (Lipinski definition) is 3. The standard InChI is InChI=1S/C26H29N3O4/c1-26(2,3)19-12-10-18(11-13-19)24(31)27-15-14-23(30)29-22-9-5-4-8-21(22)25(32)28-17-20-7-6-16-33-20/h4-13,16H,14-15,17H2,1-3H3,(H,27,31)(H,28,32)(H,29,30). The van der Waals surface area contributed by atoms with Gasteiger partial charge < -0.3 is 20.4 Å². The molecule has 0 fully saturated rings. The van der Waals surface area contributed by atoms with Gasteiger partial charge in [0, 0.05) is 18.5 Å². The Hall–Kier alpha value is -3.87. The zero-order valence-corrected chi connectivity index (χ0v) is 19.1. The summed E-state index contributed by atoms with van der Waals surface area (Å²) in [7, 11) is 0. The number of benzene rings is 2. The Balaban J connectivity index is 1.50. The molecular weight excluding hydrogens is 418 g/mol. The van der Waals surface area contributed by atoms with Crippen LogP contribution in [0.15, 0.2) is 71.3 Å². The number of anilines is 1. The molecule has 7 heteroatoms. The molecule has 3 rings (SSSR count). The monoisotopic (exact) mass is 447 g/mol. The summed E-state index contributed by atoms with van der Waals surface area (Å²) < 4.78 is 5.21. The maximum Gasteiger partial charge on any atom is 0.253 e. The lowest BCUT2D eigenvalue weighted by Gasteiger charge is -2.19. The van der Waals surface area contributed by atoms with E-state index in [9.17, 15) is 14.4 Å². The first-order valence-corrected chi connectivity index (χ1v) is 10.8. The normalized spacial score (nSPS) is 11.0. The number of amides is 3. The van der Waals surface area contributed by atoms with Crippen LogP contribution in [0, 0.1) is 0 Å². The van der Waals surface area contributed by atoms with Crippen molar-refractivity contribution in [3.63, 3.8) is 0 Å². The highest BCUT2D eigenvalue weighted by Gasteiger charge is 2.15. The number of rotatable bonds is 8. The van der Waals surface area contributed by atoms with Crippen LogP contribution in [0.5, 0.6) is 0 Å². The highest BCUT2D eigenvalue weighted by molar-refractivity contribution is 6.03. The van der Waals surface area contributed by atoms with Gasteiger partial charge in [-0.15, -0.1) is 0 Å². The minimum absolute atomic E-state index is 0.0130. The SMILES string of the molecule is CC(C)(C)c1ccc(C(=O)NCCC(=O)Nc2ccccc2C(=O)NCc2ccco2)cc1. The number of carbonyl (C=O) groups is 3. The fourth-order valence-electron chi connectivity index (χ4n) is 3.19. The second kappa shape index (κ2) is 10.6. The van der Waals surface area contributed by atoms with E-state index in [1.807, 2.05) is 12.1 Å². The summed E-state index contributed by atoms with van der Waals surface area (Å²) in [6.45, 7) is 6.76. The Morgan fingerprint density at radius 1 is 0.848 bits per heavy atom. The van der Waals surface area contributed by atoms with Crippen LogP contribution in [0.2, 0.25) is 0 Å². The highest BCUT2D eigenvalue weighted by atomic mass is 16.3. The Morgan fingerprint density at radius 2 is 1.58 bits per heavy atom. The lowest BCUT2D eigenvalue weighted by atomic mass is 9.87. The minimum Gasteiger partial charge on any atom is -0.467 e. The van der Waals surface area contributed by atoms with Crippen LogP contribution in [0.3, 0.4) is 0 Å². The molecule has 0 aliphatic heterocycles. The summed E-state index contributed by atoms with van der Waals surface area (Å²) in [6, 6.07) is 17.7. The second-order valence-electron chi connectivity index (χ2n) is 8.69. The van der Waals surface area contributed by atoms with E-state index in [0.717, 1.165) is 5.56 Å². The van der Waals surface area contributed by atoms with Gasteiger partial charge in [0.05, 0.1) is 24.1 Å². The molecule has 1 heterocycles. The van der Waals surface area contributed by atoms with Crippen molar-refractivity contribution < 1.29 is 18.8 Å². The largest absolute Gasteiger partial charge is 0.467 e. The molecule has 1 aromatic heterocycles. The van der Waals surface area contributed by atoms with Crippen LogP contribution in [0.4, 0.5) is 5.69 Å². The van der Waals surface area contributed by atoms with Crippen molar-refractivity contribution in [1.82, 2.24) is 10.6 Å². The first-order chi connectivity index (χ1) is 15.7. The number of carbonyl (C=O) groups excluding carboxylic acids is 3. The van der Waals surface area contributed by atoms with Crippen molar-refractivity contribution in [2.45, 2.75) is 39.2 Å². The molecule has 0 aliphatic rings. The predicted octanol–water partition coefficient (Wildman–Crippen LogP) is 4.27. The van der Waals surface area contributed by atoms with Crippen LogP contribution in [-0.2, 0) is 16.8 Å². The van der Waals surface area contributed by atoms with Crippen molar-refractivity contribution in [2.24, 2.45) is 0 Å². The van der Waals surface area contributed by atoms with Crippen molar-refractivity contribution >= 4 is 23.4 Å². The molecule has 0 spiro atoms. The lowest BCUT2D eigenvalue weighted by Crippen LogP contribution is -2.28. The molecule has 3 N–H and O–H groups in total. The van der Waals surface area contributed by atoms with E-state index in [2.05, 4.69) is 36.7 Å². The van der Waals surface area contributed by atoms with Gasteiger partial charge in [0.1, 0.15) is 5.76 Å². The molecule has 0 bridgehead atoms. The molecule has 0 radical (unpaired) electrons. The number of nitrogens with one attached hydrogen (secondary N) is 3. The van der Waals surface area contributed by atoms with E-state index >= 15 is 0 Å². The third-order valence-electron chi connectivity index (χ3n) is 5.10. The van der Waals surface area contributed by atoms with E-state index in [4.69, 9.17) is 4.42 Å². The Morgan fingerprint density at radius 3 is 2.24 bits per heavy atom. The average Bonchev–Trinajstić information content (AvgIpc) is 3.31. The molecular formula is C26H29N3O4. The zero-order chi connectivity index (χ0) is 23.8. The number of para-hydroxylation sites is 1. The molecule has 3 amide bonds. The van der Waals surface area contributed by atoms with E-state index in [1.54, 1.807) is 48.5 Å². The maximum atomic E-state index is 12.5. The summed E-state index contributed by atoms with van der Waals surface area (Å²) in [4.78, 5) is 37.3. The Bertz CT molecular complexity index is 1100. The molecule has 0 saturated heterocycles. The van der Waals surface area contributed by atoms with Crippen LogP contribution in [0.25, 0.3) is 0 Å². The van der Waals surface area contributed by atoms with Gasteiger partial charge in [0.15, 0.2) is 0 Å². The highest BCUT2D eigenvalue weighted by Crippen LogP contribution is 2.22. The van der Waals surface area contributed by atoms with Gasteiger partial charge >= 0.3 is 0 Å². The second-order valence-corrected chi connectivity index (χ2v) is 8.69. The molecule has 2 aromatic carbocycles. The molecule has 172 valence electrons. The van der Waals surface area contributed by atoms with Crippen molar-refractivity contribution in [2.75, 3.05) is 11.9 Å². The van der Waals surface area contributed by atoms with E-state index < -0.39 is 0 Å². The van der Waals surface area contributed by atoms with E-state index in [0.29, 0.717) is 22.6 Å². The van der Waals surface area contributed by atoms with Crippen LogP contribution in [0.1, 0.15) is 59.2 Å². The quantitative estimate of drug-likeness (QED) is 0.480. The van der Waals surface area contributed by atoms with Gasteiger partial charge in [-0.3, -0.25) is 14.4 Å². The summed E-state index contributed by atoms with van der Waals surface area (Å²) in [6.07, 6.45) is 1.61. The summed E-state index contributed by atoms with van der Waals surface area (Å²) in [5.41, 5.74) is 2.45. The number of hydrogen-bond acceptors (Lipinski definition) is 4. The van der Waals surface area contributed by atoms with E-state index in [-0.39, 0.29) is 42.6 Å². The molecule has 33 heavy (non-hydrogen) atoms. The van der Waals surface area contributed by atoms with Crippen molar-refractivity contribution in [3.8, 4) is 0 Å². The first kappa shape index (κ1) is 23.8. The van der Waals surface area contributed by atoms with Gasteiger partial charge in [-0.05, 0) is 47.4 Å². The molecule has 3 aromatic rings. The van der Waals surface area contributed by atoms with Gasteiger partial charge in [0.2, 0.25) is 5.91 Å². The predicted molar refractivity (Wildman–Crippen MR) is 127 cm³/mol. The first-order valence-electron chi connectivity index (χ1n) is 10.8. The molecule has 0 aliphatic carbocycles. The zero-order valence-electron chi connectivity index (χ0n) is 19.1. The summed E-state index contributed by atoms with van der Waals surface area (Å²) in [5.74, 6) is -0.228. The minimum atomic E-state index is -0.325. The van der Waals surface area contributed by atoms with Gasteiger partial charge in [-0.1, -0.05) is 45.0 Å². The number of furan rings is 1. The summed E-state index contributed by atoms with van der Waals surface area (Å²) >= 11 is 0. The van der Waals surface area contributed by atoms with Crippen LogP contribution >= 0.6 is 0 Å². The van der Waals surface area contributed by atoms with Crippen LogP contribution in [-0.4, -0.2) is 24.3 Å². The van der Waals surface area contributed by atoms with Gasteiger partial charge in [-0.2, -0.15) is 0 Å². The Labute approximate surface area is 193 Å². The topological polar surface area (TPSA) is 100 Å².